The van der Waals surface area contributed by atoms with E-state index in [4.69, 9.17) is 11.5 Å². The lowest BCUT2D eigenvalue weighted by atomic mass is 10.1. The summed E-state index contributed by atoms with van der Waals surface area (Å²) < 4.78 is 3.90. The maximum Gasteiger partial charge on any atom is 0.272 e. The number of nitrogens with two attached hydrogens (primary N) is 2. The van der Waals surface area contributed by atoms with Crippen LogP contribution in [0.2, 0.25) is 0 Å². The fourth-order valence-corrected chi connectivity index (χ4v) is 3.45. The fourth-order valence-electron chi connectivity index (χ4n) is 2.70. The number of nitrogen functional groups attached to an aromatic ring is 1. The lowest BCUT2D eigenvalue weighted by Gasteiger charge is -2.32. The maximum atomic E-state index is 13.4. The molecule has 1 aromatic carbocycles. The van der Waals surface area contributed by atoms with Gasteiger partial charge in [-0.05, 0) is 50.9 Å². The minimum atomic E-state index is -0.809. The molecule has 0 bridgehead atoms. The van der Waals surface area contributed by atoms with E-state index in [1.165, 1.54) is 4.90 Å². The number of anilines is 2. The average Bonchev–Trinajstić information content (AvgIpc) is 2.99. The van der Waals surface area contributed by atoms with Crippen LogP contribution in [0.3, 0.4) is 0 Å². The third-order valence-electron chi connectivity index (χ3n) is 3.91. The van der Waals surface area contributed by atoms with Gasteiger partial charge in [0.2, 0.25) is 5.91 Å². The average molecular weight is 404 g/mol. The fraction of sp³-hybridized carbons (Fsp3) is 0.368. The Morgan fingerprint density at radius 3 is 2.29 bits per heavy atom. The molecule has 5 N–H and O–H groups in total. The topological polar surface area (TPSA) is 131 Å². The van der Waals surface area contributed by atoms with Crippen molar-refractivity contribution in [2.75, 3.05) is 10.6 Å². The first kappa shape index (κ1) is 21.4. The molecular formula is C19H25N5O3S. The highest BCUT2D eigenvalue weighted by atomic mass is 32.1. The normalized spacial score (nSPS) is 12.3. The Bertz CT molecular complexity index is 873. The summed E-state index contributed by atoms with van der Waals surface area (Å²) in [4.78, 5) is 39.2. The van der Waals surface area contributed by atoms with E-state index in [9.17, 15) is 14.4 Å². The minimum Gasteiger partial charge on any atom is -0.395 e. The molecule has 0 saturated carbocycles. The highest BCUT2D eigenvalue weighted by molar-refractivity contribution is 7.09. The first-order valence-electron chi connectivity index (χ1n) is 8.82. The third kappa shape index (κ3) is 4.66. The van der Waals surface area contributed by atoms with Gasteiger partial charge in [0.25, 0.3) is 11.8 Å². The molecule has 0 unspecified atom stereocenters. The van der Waals surface area contributed by atoms with Crippen molar-refractivity contribution in [2.24, 2.45) is 5.73 Å². The van der Waals surface area contributed by atoms with E-state index in [2.05, 4.69) is 9.69 Å². The molecule has 28 heavy (non-hydrogen) atoms. The number of para-hydroxylation sites is 1. The molecule has 0 aliphatic rings. The molecule has 2 rings (SSSR count). The van der Waals surface area contributed by atoms with Crippen molar-refractivity contribution >= 4 is 40.6 Å². The van der Waals surface area contributed by atoms with Crippen molar-refractivity contribution in [3.63, 3.8) is 0 Å². The zero-order valence-electron chi connectivity index (χ0n) is 16.4. The number of hydrogen-bond acceptors (Lipinski definition) is 6. The quantitative estimate of drug-likeness (QED) is 0.680. The summed E-state index contributed by atoms with van der Waals surface area (Å²) in [7, 11) is 0. The third-order valence-corrected chi connectivity index (χ3v) is 4.76. The van der Waals surface area contributed by atoms with E-state index in [1.54, 1.807) is 24.3 Å². The second-order valence-electron chi connectivity index (χ2n) is 7.31. The number of aromatic nitrogens is 1. The van der Waals surface area contributed by atoms with E-state index >= 15 is 0 Å². The molecule has 1 heterocycles. The molecule has 1 atom stereocenters. The number of nitrogens with one attached hydrogen (secondary N) is 1. The lowest BCUT2D eigenvalue weighted by molar-refractivity contribution is -0.123. The van der Waals surface area contributed by atoms with Crippen molar-refractivity contribution in [3.8, 4) is 0 Å². The van der Waals surface area contributed by atoms with Crippen LogP contribution >= 0.6 is 11.5 Å². The number of nitrogens with zero attached hydrogens (tertiary/aromatic N) is 2. The molecule has 0 spiro atoms. The van der Waals surface area contributed by atoms with Gasteiger partial charge in [-0.1, -0.05) is 25.1 Å². The summed E-state index contributed by atoms with van der Waals surface area (Å²) in [5.41, 5.74) is 11.1. The van der Waals surface area contributed by atoms with Crippen molar-refractivity contribution in [2.45, 2.75) is 45.7 Å². The van der Waals surface area contributed by atoms with Crippen molar-refractivity contribution in [1.82, 2.24) is 9.69 Å². The van der Waals surface area contributed by atoms with E-state index in [-0.39, 0.29) is 22.2 Å². The second kappa shape index (κ2) is 8.39. The van der Waals surface area contributed by atoms with Gasteiger partial charge in [0, 0.05) is 11.2 Å². The van der Waals surface area contributed by atoms with E-state index in [0.717, 1.165) is 11.5 Å². The number of carbonyl (C=O) groups excluding carboxylic acids is 3. The Kier molecular flexibility index (Phi) is 6.40. The molecule has 150 valence electrons. The van der Waals surface area contributed by atoms with Crippen LogP contribution in [0.25, 0.3) is 0 Å². The van der Waals surface area contributed by atoms with Gasteiger partial charge in [0.1, 0.15) is 10.9 Å². The first-order chi connectivity index (χ1) is 13.1. The molecule has 0 aliphatic carbocycles. The van der Waals surface area contributed by atoms with Crippen LogP contribution in [0.4, 0.5) is 11.4 Å². The number of carbonyl (C=O) groups is 3. The van der Waals surface area contributed by atoms with Crippen molar-refractivity contribution < 1.29 is 14.4 Å². The van der Waals surface area contributed by atoms with Crippen molar-refractivity contribution in [1.29, 1.82) is 0 Å². The van der Waals surface area contributed by atoms with Gasteiger partial charge in [-0.25, -0.2) is 0 Å². The first-order valence-corrected chi connectivity index (χ1v) is 9.59. The second-order valence-corrected chi connectivity index (χ2v) is 8.09. The van der Waals surface area contributed by atoms with Crippen LogP contribution in [-0.2, 0) is 4.79 Å². The number of amides is 3. The minimum absolute atomic E-state index is 0.0691. The molecule has 0 saturated heterocycles. The van der Waals surface area contributed by atoms with Crippen LogP contribution in [-0.4, -0.2) is 33.7 Å². The van der Waals surface area contributed by atoms with Gasteiger partial charge in [-0.3, -0.25) is 19.3 Å². The molecule has 0 radical (unpaired) electrons. The van der Waals surface area contributed by atoms with Gasteiger partial charge in [-0.15, -0.1) is 0 Å². The monoisotopic (exact) mass is 403 g/mol. The van der Waals surface area contributed by atoms with Gasteiger partial charge in [0.15, 0.2) is 5.69 Å². The Hall–Kier alpha value is -2.94. The van der Waals surface area contributed by atoms with Crippen LogP contribution in [0.5, 0.6) is 0 Å². The summed E-state index contributed by atoms with van der Waals surface area (Å²) in [6.45, 7) is 7.42. The van der Waals surface area contributed by atoms with E-state index < -0.39 is 23.4 Å². The summed E-state index contributed by atoms with van der Waals surface area (Å²) >= 11 is 0.790. The van der Waals surface area contributed by atoms with Crippen LogP contribution < -0.4 is 21.7 Å². The zero-order valence-corrected chi connectivity index (χ0v) is 17.2. The zero-order chi connectivity index (χ0) is 21.1. The highest BCUT2D eigenvalue weighted by Gasteiger charge is 2.34. The van der Waals surface area contributed by atoms with E-state index in [1.807, 2.05) is 33.8 Å². The molecule has 8 nitrogen and oxygen atoms in total. The predicted molar refractivity (Wildman–Crippen MR) is 110 cm³/mol. The van der Waals surface area contributed by atoms with Gasteiger partial charge >= 0.3 is 0 Å². The van der Waals surface area contributed by atoms with Gasteiger partial charge in [0.05, 0.1) is 5.69 Å². The van der Waals surface area contributed by atoms with Crippen molar-refractivity contribution in [3.05, 3.63) is 40.9 Å². The number of primary amides is 1. The number of benzene rings is 1. The maximum absolute atomic E-state index is 13.4. The number of rotatable bonds is 6. The molecule has 9 heteroatoms. The molecule has 2 aromatic rings. The summed E-state index contributed by atoms with van der Waals surface area (Å²) in [5.74, 6) is -1.60. The van der Waals surface area contributed by atoms with Crippen LogP contribution in [0.15, 0.2) is 30.3 Å². The molecular weight excluding hydrogens is 378 g/mol. The summed E-state index contributed by atoms with van der Waals surface area (Å²) in [6.07, 6.45) is 0.379. The largest absolute Gasteiger partial charge is 0.395 e. The van der Waals surface area contributed by atoms with Gasteiger partial charge < -0.3 is 16.8 Å². The van der Waals surface area contributed by atoms with Gasteiger partial charge in [-0.2, -0.15) is 4.37 Å². The lowest BCUT2D eigenvalue weighted by Crippen LogP contribution is -2.54. The Morgan fingerprint density at radius 1 is 1.21 bits per heavy atom. The Balaban J connectivity index is 2.52. The molecule has 0 fully saturated rings. The molecule has 1 aromatic heterocycles. The smallest absolute Gasteiger partial charge is 0.272 e. The van der Waals surface area contributed by atoms with E-state index in [0.29, 0.717) is 12.1 Å². The highest BCUT2D eigenvalue weighted by Crippen LogP contribution is 2.28. The van der Waals surface area contributed by atoms with Crippen LogP contribution in [0, 0.1) is 0 Å². The predicted octanol–water partition coefficient (Wildman–Crippen LogP) is 2.16. The Labute approximate surface area is 168 Å². The van der Waals surface area contributed by atoms with Crippen LogP contribution in [0.1, 0.15) is 54.3 Å². The Morgan fingerprint density at radius 2 is 1.82 bits per heavy atom. The number of hydrogen-bond donors (Lipinski definition) is 3. The standard InChI is InChI=1S/C19H25N5O3S/c1-5-12(17(26)22-19(2,3)4)24(11-9-7-6-8-10-11)18(27)15-13(20)14(16(21)25)23-28-15/h6-10,12H,5,20H2,1-4H3,(H2,21,25)(H,22,26)/t12-/m0/s1. The molecule has 3 amide bonds. The SMILES string of the molecule is CC[C@@H](C(=O)NC(C)(C)C)N(C(=O)c1snc(C(N)=O)c1N)c1ccccc1. The summed E-state index contributed by atoms with van der Waals surface area (Å²) in [5, 5.41) is 2.91. The molecule has 0 aliphatic heterocycles. The summed E-state index contributed by atoms with van der Waals surface area (Å²) in [6, 6.07) is 8.06.